The van der Waals surface area contributed by atoms with E-state index < -0.39 is 0 Å². The van der Waals surface area contributed by atoms with Gasteiger partial charge in [0.25, 0.3) is 11.5 Å². The molecule has 2 fully saturated rings. The maximum atomic E-state index is 13.7. The molecule has 41 heavy (non-hydrogen) atoms. The van der Waals surface area contributed by atoms with Gasteiger partial charge in [0.15, 0.2) is 18.1 Å². The predicted molar refractivity (Wildman–Crippen MR) is 168 cm³/mol. The second-order valence-electron chi connectivity index (χ2n) is 9.96. The highest BCUT2D eigenvalue weighted by molar-refractivity contribution is 9.13. The summed E-state index contributed by atoms with van der Waals surface area (Å²) in [5.41, 5.74) is 1.12. The number of morpholine rings is 1. The number of hydrogen-bond acceptors (Lipinski definition) is 7. The van der Waals surface area contributed by atoms with Crippen LogP contribution < -0.4 is 15.0 Å². The highest BCUT2D eigenvalue weighted by Crippen LogP contribution is 2.42. The molecule has 1 saturated heterocycles. The van der Waals surface area contributed by atoms with Gasteiger partial charge in [-0.25, -0.2) is 4.98 Å². The Kier molecular flexibility index (Phi) is 10.2. The van der Waals surface area contributed by atoms with E-state index in [2.05, 4.69) is 52.9 Å². The summed E-state index contributed by atoms with van der Waals surface area (Å²) in [7, 11) is 0. The fourth-order valence-corrected chi connectivity index (χ4v) is 6.45. The summed E-state index contributed by atoms with van der Waals surface area (Å²) in [4.78, 5) is 33.0. The van der Waals surface area contributed by atoms with Crippen LogP contribution >= 0.6 is 47.8 Å². The number of amides is 1. The van der Waals surface area contributed by atoms with Crippen LogP contribution in [0.2, 0.25) is 0 Å². The third kappa shape index (κ3) is 6.87. The number of nitrogens with zero attached hydrogens (tertiary/aromatic N) is 4. The fourth-order valence-electron chi connectivity index (χ4n) is 5.16. The molecule has 2 aromatic carbocycles. The molecular weight excluding hydrogens is 724 g/mol. The zero-order valence-corrected chi connectivity index (χ0v) is 27.5. The zero-order valence-electron chi connectivity index (χ0n) is 22.7. The predicted octanol–water partition coefficient (Wildman–Crippen LogP) is 6.25. The van der Waals surface area contributed by atoms with E-state index >= 15 is 0 Å². The monoisotopic (exact) mass is 752 g/mol. The quantitative estimate of drug-likeness (QED) is 0.253. The van der Waals surface area contributed by atoms with E-state index in [1.165, 1.54) is 11.1 Å². The molecule has 3 aromatic rings. The molecule has 1 saturated carbocycles. The standard InChI is InChI=1S/C29H31Br3N4O5/c1-2-40-23-14-19(25(31)26(32)27(23)41-17-24(37)35-10-12-39-13-11-35)16-33-36-28(18-6-4-3-5-7-18)34-22-9-8-20(30)15-21(22)29(36)38/h8-9,14-16,18H,2-7,10-13,17H2,1H3. The molecule has 0 unspecified atom stereocenters. The lowest BCUT2D eigenvalue weighted by atomic mass is 9.88. The largest absolute Gasteiger partial charge is 0.490 e. The van der Waals surface area contributed by atoms with E-state index in [9.17, 15) is 9.59 Å². The smallest absolute Gasteiger partial charge is 0.282 e. The number of hydrogen-bond donors (Lipinski definition) is 0. The van der Waals surface area contributed by atoms with E-state index in [-0.39, 0.29) is 24.0 Å². The van der Waals surface area contributed by atoms with Crippen molar-refractivity contribution in [2.45, 2.75) is 44.9 Å². The lowest BCUT2D eigenvalue weighted by Gasteiger charge is -2.27. The molecule has 0 N–H and O–H groups in total. The third-order valence-electron chi connectivity index (χ3n) is 7.28. The molecule has 0 spiro atoms. The number of halogens is 3. The van der Waals surface area contributed by atoms with Crippen molar-refractivity contribution in [3.05, 3.63) is 59.4 Å². The number of carbonyl (C=O) groups excluding carboxylic acids is 1. The van der Waals surface area contributed by atoms with Crippen LogP contribution in [-0.2, 0) is 9.53 Å². The summed E-state index contributed by atoms with van der Waals surface area (Å²) >= 11 is 10.7. The summed E-state index contributed by atoms with van der Waals surface area (Å²) in [6.07, 6.45) is 6.98. The molecule has 1 aromatic heterocycles. The highest BCUT2D eigenvalue weighted by atomic mass is 79.9. The van der Waals surface area contributed by atoms with Gasteiger partial charge in [0.2, 0.25) is 0 Å². The molecule has 12 heteroatoms. The Balaban J connectivity index is 1.50. The van der Waals surface area contributed by atoms with Crippen LogP contribution in [0.15, 0.2) is 47.6 Å². The molecule has 1 aliphatic heterocycles. The molecule has 0 atom stereocenters. The first-order chi connectivity index (χ1) is 19.9. The van der Waals surface area contributed by atoms with E-state index in [1.54, 1.807) is 23.2 Å². The second kappa shape index (κ2) is 13.8. The number of fused-ring (bicyclic) bond motifs is 1. The van der Waals surface area contributed by atoms with Crippen molar-refractivity contribution in [2.75, 3.05) is 39.5 Å². The minimum atomic E-state index is -0.213. The molecule has 0 bridgehead atoms. The molecule has 1 aliphatic carbocycles. The van der Waals surface area contributed by atoms with Crippen molar-refractivity contribution in [1.82, 2.24) is 14.6 Å². The Morgan fingerprint density at radius 2 is 1.85 bits per heavy atom. The number of benzene rings is 2. The van der Waals surface area contributed by atoms with Crippen molar-refractivity contribution in [1.29, 1.82) is 0 Å². The fraction of sp³-hybridized carbons (Fsp3) is 0.448. The Labute approximate surface area is 263 Å². The van der Waals surface area contributed by atoms with Gasteiger partial charge in [-0.1, -0.05) is 35.2 Å². The zero-order chi connectivity index (χ0) is 28.9. The van der Waals surface area contributed by atoms with Crippen molar-refractivity contribution >= 4 is 70.8 Å². The van der Waals surface area contributed by atoms with Gasteiger partial charge in [-0.2, -0.15) is 9.78 Å². The minimum Gasteiger partial charge on any atom is -0.490 e. The Morgan fingerprint density at radius 1 is 1.10 bits per heavy atom. The van der Waals surface area contributed by atoms with Crippen molar-refractivity contribution in [3.63, 3.8) is 0 Å². The Bertz CT molecular complexity index is 1510. The molecule has 9 nitrogen and oxygen atoms in total. The number of rotatable bonds is 8. The molecular formula is C29H31Br3N4O5. The molecule has 2 aliphatic rings. The van der Waals surface area contributed by atoms with Crippen LogP contribution in [0.4, 0.5) is 0 Å². The van der Waals surface area contributed by atoms with Gasteiger partial charge in [-0.05, 0) is 75.9 Å². The number of carbonyl (C=O) groups is 1. The summed E-state index contributed by atoms with van der Waals surface area (Å²) < 4.78 is 20.7. The average Bonchev–Trinajstić information content (AvgIpc) is 2.99. The molecule has 1 amide bonds. The summed E-state index contributed by atoms with van der Waals surface area (Å²) in [5, 5.41) is 5.18. The van der Waals surface area contributed by atoms with E-state index in [1.807, 2.05) is 19.1 Å². The van der Waals surface area contributed by atoms with Crippen molar-refractivity contribution in [3.8, 4) is 11.5 Å². The Hall–Kier alpha value is -2.28. The van der Waals surface area contributed by atoms with E-state index in [4.69, 9.17) is 19.2 Å². The summed E-state index contributed by atoms with van der Waals surface area (Å²) in [6, 6.07) is 7.33. The highest BCUT2D eigenvalue weighted by Gasteiger charge is 2.24. The van der Waals surface area contributed by atoms with Crippen LogP contribution in [0.3, 0.4) is 0 Å². The lowest BCUT2D eigenvalue weighted by Crippen LogP contribution is -2.43. The molecule has 218 valence electrons. The maximum absolute atomic E-state index is 13.7. The molecule has 0 radical (unpaired) electrons. The third-order valence-corrected chi connectivity index (χ3v) is 9.91. The maximum Gasteiger partial charge on any atom is 0.282 e. The lowest BCUT2D eigenvalue weighted by molar-refractivity contribution is -0.137. The van der Waals surface area contributed by atoms with Crippen LogP contribution in [0, 0.1) is 0 Å². The van der Waals surface area contributed by atoms with Gasteiger partial charge in [0.05, 0.1) is 41.4 Å². The summed E-state index contributed by atoms with van der Waals surface area (Å²) in [6.45, 7) is 4.28. The first-order valence-electron chi connectivity index (χ1n) is 13.8. The van der Waals surface area contributed by atoms with Gasteiger partial charge in [-0.15, -0.1) is 0 Å². The van der Waals surface area contributed by atoms with Crippen LogP contribution in [0.25, 0.3) is 10.9 Å². The van der Waals surface area contributed by atoms with E-state index in [0.29, 0.717) is 75.6 Å². The Morgan fingerprint density at radius 3 is 2.59 bits per heavy atom. The van der Waals surface area contributed by atoms with Gasteiger partial charge in [-0.3, -0.25) is 9.59 Å². The first-order valence-corrected chi connectivity index (χ1v) is 16.1. The second-order valence-corrected chi connectivity index (χ2v) is 12.5. The van der Waals surface area contributed by atoms with Gasteiger partial charge in [0, 0.05) is 33.5 Å². The van der Waals surface area contributed by atoms with Crippen LogP contribution in [0.5, 0.6) is 11.5 Å². The van der Waals surface area contributed by atoms with Gasteiger partial charge < -0.3 is 19.1 Å². The number of ether oxygens (including phenoxy) is 3. The average molecular weight is 755 g/mol. The molecule has 2 heterocycles. The van der Waals surface area contributed by atoms with Gasteiger partial charge in [0.1, 0.15) is 5.82 Å². The van der Waals surface area contributed by atoms with E-state index in [0.717, 1.165) is 30.2 Å². The van der Waals surface area contributed by atoms with Crippen molar-refractivity contribution < 1.29 is 19.0 Å². The van der Waals surface area contributed by atoms with Gasteiger partial charge >= 0.3 is 0 Å². The van der Waals surface area contributed by atoms with Crippen molar-refractivity contribution in [2.24, 2.45) is 5.10 Å². The topological polar surface area (TPSA) is 95.2 Å². The van der Waals surface area contributed by atoms with Crippen LogP contribution in [-0.4, -0.2) is 66.2 Å². The number of aromatic nitrogens is 2. The minimum absolute atomic E-state index is 0.116. The molecule has 5 rings (SSSR count). The SMILES string of the molecule is CCOc1cc(C=Nn2c(C3CCCCC3)nc3ccc(Br)cc3c2=O)c(Br)c(Br)c1OCC(=O)N1CCOCC1. The van der Waals surface area contributed by atoms with Crippen LogP contribution in [0.1, 0.15) is 56.3 Å². The first kappa shape index (κ1) is 30.2. The summed E-state index contributed by atoms with van der Waals surface area (Å²) in [5.74, 6) is 1.60. The normalized spacial score (nSPS) is 16.4.